The van der Waals surface area contributed by atoms with Crippen molar-refractivity contribution in [1.29, 1.82) is 0 Å². The number of hydrogen-bond acceptors (Lipinski definition) is 5. The van der Waals surface area contributed by atoms with Crippen LogP contribution in [-0.2, 0) is 15.6 Å². The molecule has 0 bridgehead atoms. The maximum atomic E-state index is 12.3. The number of furan rings is 1. The van der Waals surface area contributed by atoms with Crippen LogP contribution < -0.4 is 10.1 Å². The minimum Gasteiger partial charge on any atom is -0.492 e. The third kappa shape index (κ3) is 5.21. The molecule has 1 heterocycles. The van der Waals surface area contributed by atoms with Crippen LogP contribution in [0.5, 0.6) is 5.75 Å². The number of sulfone groups is 1. The minimum absolute atomic E-state index is 0.0629. The highest BCUT2D eigenvalue weighted by Crippen LogP contribution is 2.18. The fraction of sp³-hybridized carbons (Fsp3) is 0.150. The van der Waals surface area contributed by atoms with Crippen molar-refractivity contribution in [3.63, 3.8) is 0 Å². The number of hydrogen-bond donors (Lipinski definition) is 1. The fourth-order valence-corrected chi connectivity index (χ4v) is 3.68. The predicted molar refractivity (Wildman–Crippen MR) is 100 cm³/mol. The van der Waals surface area contributed by atoms with E-state index in [9.17, 15) is 13.2 Å². The zero-order chi connectivity index (χ0) is 19.1. The van der Waals surface area contributed by atoms with Crippen molar-refractivity contribution in [2.75, 3.05) is 13.2 Å². The minimum atomic E-state index is -3.52. The van der Waals surface area contributed by atoms with Gasteiger partial charge in [-0.1, -0.05) is 36.4 Å². The van der Waals surface area contributed by atoms with Crippen molar-refractivity contribution in [1.82, 2.24) is 5.32 Å². The molecule has 3 aromatic rings. The van der Waals surface area contributed by atoms with Crippen LogP contribution in [0.25, 0.3) is 0 Å². The van der Waals surface area contributed by atoms with Crippen LogP contribution in [0.4, 0.5) is 0 Å². The van der Waals surface area contributed by atoms with Crippen LogP contribution in [0.3, 0.4) is 0 Å². The highest BCUT2D eigenvalue weighted by atomic mass is 32.2. The summed E-state index contributed by atoms with van der Waals surface area (Å²) in [5, 5.41) is 2.67. The van der Waals surface area contributed by atoms with Gasteiger partial charge in [-0.15, -0.1) is 0 Å². The first-order valence-corrected chi connectivity index (χ1v) is 10.0. The topological polar surface area (TPSA) is 85.6 Å². The van der Waals surface area contributed by atoms with E-state index in [1.54, 1.807) is 18.2 Å². The molecule has 2 aromatic carbocycles. The molecule has 0 atom stereocenters. The number of benzene rings is 2. The Hall–Kier alpha value is -3.06. The van der Waals surface area contributed by atoms with Gasteiger partial charge in [-0.2, -0.15) is 0 Å². The largest absolute Gasteiger partial charge is 0.492 e. The average Bonchev–Trinajstić information content (AvgIpc) is 3.14. The molecule has 6 nitrogen and oxygen atoms in total. The van der Waals surface area contributed by atoms with E-state index in [1.807, 2.05) is 30.3 Å². The van der Waals surface area contributed by atoms with Gasteiger partial charge in [0.15, 0.2) is 15.6 Å². The first-order chi connectivity index (χ1) is 13.0. The van der Waals surface area contributed by atoms with Gasteiger partial charge in [-0.05, 0) is 36.4 Å². The first kappa shape index (κ1) is 18.7. The van der Waals surface area contributed by atoms with E-state index >= 15 is 0 Å². The van der Waals surface area contributed by atoms with Gasteiger partial charge in [0, 0.05) is 0 Å². The van der Waals surface area contributed by atoms with E-state index in [1.165, 1.54) is 24.3 Å². The molecule has 0 aliphatic carbocycles. The summed E-state index contributed by atoms with van der Waals surface area (Å²) >= 11 is 0. The third-order valence-electron chi connectivity index (χ3n) is 3.72. The lowest BCUT2D eigenvalue weighted by Crippen LogP contribution is -2.27. The Morgan fingerprint density at radius 2 is 1.59 bits per heavy atom. The third-order valence-corrected chi connectivity index (χ3v) is 5.37. The lowest BCUT2D eigenvalue weighted by atomic mass is 10.3. The fourth-order valence-electron chi connectivity index (χ4n) is 2.41. The Bertz CT molecular complexity index is 981. The Labute approximate surface area is 157 Å². The number of para-hydroxylation sites is 1. The van der Waals surface area contributed by atoms with E-state index in [0.29, 0.717) is 13.2 Å². The molecule has 0 fully saturated rings. The Balaban J connectivity index is 1.52. The maximum Gasteiger partial charge on any atom is 0.287 e. The SMILES string of the molecule is O=C(NCCOc1ccccc1)c1ccc(CS(=O)(=O)c2ccccc2)o1. The highest BCUT2D eigenvalue weighted by Gasteiger charge is 2.19. The van der Waals surface area contributed by atoms with Crippen LogP contribution in [-0.4, -0.2) is 27.5 Å². The van der Waals surface area contributed by atoms with Gasteiger partial charge in [-0.3, -0.25) is 4.79 Å². The second kappa shape index (κ2) is 8.55. The van der Waals surface area contributed by atoms with Crippen LogP contribution in [0.2, 0.25) is 0 Å². The summed E-state index contributed by atoms with van der Waals surface area (Å²) < 4.78 is 35.6. The standard InChI is InChI=1S/C20H19NO5S/c22-20(21-13-14-25-16-7-3-1-4-8-16)19-12-11-17(26-19)15-27(23,24)18-9-5-2-6-10-18/h1-12H,13-15H2,(H,21,22). The number of amides is 1. The smallest absolute Gasteiger partial charge is 0.287 e. The Morgan fingerprint density at radius 1 is 0.926 bits per heavy atom. The second-order valence-electron chi connectivity index (χ2n) is 5.76. The predicted octanol–water partition coefficient (Wildman–Crippen LogP) is 3.06. The molecule has 140 valence electrons. The lowest BCUT2D eigenvalue weighted by molar-refractivity contribution is 0.0918. The van der Waals surface area contributed by atoms with Crippen molar-refractivity contribution < 1.29 is 22.4 Å². The lowest BCUT2D eigenvalue weighted by Gasteiger charge is -2.06. The molecule has 7 heteroatoms. The van der Waals surface area contributed by atoms with E-state index in [2.05, 4.69) is 5.32 Å². The summed E-state index contributed by atoms with van der Waals surface area (Å²) in [6.45, 7) is 0.609. The number of rotatable bonds is 8. The number of carbonyl (C=O) groups excluding carboxylic acids is 1. The molecular weight excluding hydrogens is 366 g/mol. The zero-order valence-electron chi connectivity index (χ0n) is 14.5. The molecular formula is C20H19NO5S. The van der Waals surface area contributed by atoms with Gasteiger partial charge in [0.2, 0.25) is 0 Å². The summed E-state index contributed by atoms with van der Waals surface area (Å²) in [6, 6.07) is 20.3. The van der Waals surface area contributed by atoms with E-state index in [0.717, 1.165) is 5.75 Å². The summed E-state index contributed by atoms with van der Waals surface area (Å²) in [6.07, 6.45) is 0. The number of ether oxygens (including phenoxy) is 1. The summed E-state index contributed by atoms with van der Waals surface area (Å²) in [7, 11) is -3.52. The van der Waals surface area contributed by atoms with Gasteiger partial charge in [0.1, 0.15) is 23.9 Å². The van der Waals surface area contributed by atoms with E-state index < -0.39 is 15.7 Å². The molecule has 1 N–H and O–H groups in total. The molecule has 1 aromatic heterocycles. The number of nitrogens with one attached hydrogen (secondary N) is 1. The van der Waals surface area contributed by atoms with Crippen molar-refractivity contribution in [2.24, 2.45) is 0 Å². The van der Waals surface area contributed by atoms with Crippen LogP contribution in [0.15, 0.2) is 82.1 Å². The van der Waals surface area contributed by atoms with Gasteiger partial charge in [-0.25, -0.2) is 8.42 Å². The second-order valence-corrected chi connectivity index (χ2v) is 7.75. The van der Waals surface area contributed by atoms with Crippen molar-refractivity contribution in [2.45, 2.75) is 10.6 Å². The van der Waals surface area contributed by atoms with Gasteiger partial charge < -0.3 is 14.5 Å². The van der Waals surface area contributed by atoms with E-state index in [4.69, 9.17) is 9.15 Å². The molecule has 27 heavy (non-hydrogen) atoms. The Kier molecular flexibility index (Phi) is 5.93. The van der Waals surface area contributed by atoms with Gasteiger partial charge >= 0.3 is 0 Å². The number of carbonyl (C=O) groups is 1. The molecule has 0 spiro atoms. The molecule has 0 saturated heterocycles. The van der Waals surface area contributed by atoms with Gasteiger partial charge in [0.05, 0.1) is 11.4 Å². The molecule has 0 aliphatic rings. The summed E-state index contributed by atoms with van der Waals surface area (Å²) in [5.74, 6) is 0.271. The monoisotopic (exact) mass is 385 g/mol. The van der Waals surface area contributed by atoms with Crippen LogP contribution >= 0.6 is 0 Å². The molecule has 0 saturated carbocycles. The molecule has 0 unspecified atom stereocenters. The maximum absolute atomic E-state index is 12.3. The zero-order valence-corrected chi connectivity index (χ0v) is 15.3. The van der Waals surface area contributed by atoms with Crippen molar-refractivity contribution >= 4 is 15.7 Å². The van der Waals surface area contributed by atoms with Crippen molar-refractivity contribution in [3.8, 4) is 5.75 Å². The van der Waals surface area contributed by atoms with Crippen LogP contribution in [0, 0.1) is 0 Å². The Morgan fingerprint density at radius 3 is 2.30 bits per heavy atom. The van der Waals surface area contributed by atoms with Crippen LogP contribution in [0.1, 0.15) is 16.3 Å². The quantitative estimate of drug-likeness (QED) is 0.603. The first-order valence-electron chi connectivity index (χ1n) is 8.37. The molecule has 3 rings (SSSR count). The van der Waals surface area contributed by atoms with Crippen molar-refractivity contribution in [3.05, 3.63) is 84.3 Å². The molecule has 0 aliphatic heterocycles. The summed E-state index contributed by atoms with van der Waals surface area (Å²) in [4.78, 5) is 12.3. The normalized spacial score (nSPS) is 11.1. The summed E-state index contributed by atoms with van der Waals surface area (Å²) in [5.41, 5.74) is 0. The molecule has 1 amide bonds. The van der Waals surface area contributed by atoms with E-state index in [-0.39, 0.29) is 22.2 Å². The van der Waals surface area contributed by atoms with Gasteiger partial charge in [0.25, 0.3) is 5.91 Å². The average molecular weight is 385 g/mol. The highest BCUT2D eigenvalue weighted by molar-refractivity contribution is 7.90. The molecule has 0 radical (unpaired) electrons.